The van der Waals surface area contributed by atoms with Crippen molar-refractivity contribution in [3.05, 3.63) is 23.7 Å². The number of nitrogens with one attached hydrogen (secondary N) is 1. The van der Waals surface area contributed by atoms with Crippen LogP contribution in [-0.2, 0) is 13.1 Å². The highest BCUT2D eigenvalue weighted by Gasteiger charge is 2.29. The zero-order valence-corrected chi connectivity index (χ0v) is 11.0. The summed E-state index contributed by atoms with van der Waals surface area (Å²) in [6, 6.07) is 2.95. The van der Waals surface area contributed by atoms with E-state index < -0.39 is 0 Å². The average Bonchev–Trinajstić information content (AvgIpc) is 3.08. The summed E-state index contributed by atoms with van der Waals surface area (Å²) in [5, 5.41) is 3.16. The quantitative estimate of drug-likeness (QED) is 0.752. The van der Waals surface area contributed by atoms with E-state index in [0.29, 0.717) is 0 Å². The molecule has 96 valence electrons. The Morgan fingerprint density at radius 2 is 2.29 bits per heavy atom. The highest BCUT2D eigenvalue weighted by molar-refractivity contribution is 5.17. The smallest absolute Gasteiger partial charge is 0.122 e. The second-order valence-electron chi connectivity index (χ2n) is 4.95. The highest BCUT2D eigenvalue weighted by Crippen LogP contribution is 2.29. The van der Waals surface area contributed by atoms with Gasteiger partial charge in [-0.05, 0) is 38.9 Å². The molecule has 3 nitrogen and oxygen atoms in total. The Hall–Kier alpha value is -0.800. The number of furan rings is 1. The van der Waals surface area contributed by atoms with Crippen molar-refractivity contribution in [2.45, 2.75) is 51.7 Å². The normalized spacial score (nSPS) is 15.7. The van der Waals surface area contributed by atoms with E-state index >= 15 is 0 Å². The molecule has 0 radical (unpaired) electrons. The fraction of sp³-hybridized carbons (Fsp3) is 0.714. The van der Waals surface area contributed by atoms with Crippen LogP contribution in [0, 0.1) is 0 Å². The summed E-state index contributed by atoms with van der Waals surface area (Å²) in [7, 11) is 1.96. The fourth-order valence-corrected chi connectivity index (χ4v) is 2.23. The summed E-state index contributed by atoms with van der Waals surface area (Å²) in [4.78, 5) is 2.62. The molecular formula is C14H24N2O. The minimum absolute atomic E-state index is 0.828. The van der Waals surface area contributed by atoms with E-state index in [9.17, 15) is 0 Å². The molecule has 0 amide bonds. The fourth-order valence-electron chi connectivity index (χ4n) is 2.23. The van der Waals surface area contributed by atoms with Gasteiger partial charge in [-0.15, -0.1) is 0 Å². The standard InChI is InChI=1S/C14H24N2O/c1-3-4-8-16(13-5-6-13)11-12-7-9-17-14(12)10-15-2/h7,9,13,15H,3-6,8,10-11H2,1-2H3. The molecule has 1 saturated carbocycles. The summed E-state index contributed by atoms with van der Waals surface area (Å²) in [5.41, 5.74) is 1.35. The van der Waals surface area contributed by atoms with Gasteiger partial charge in [-0.1, -0.05) is 13.3 Å². The molecule has 1 aliphatic carbocycles. The summed E-state index contributed by atoms with van der Waals surface area (Å²) in [6.07, 6.45) is 7.15. The molecule has 1 N–H and O–H groups in total. The lowest BCUT2D eigenvalue weighted by molar-refractivity contribution is 0.248. The van der Waals surface area contributed by atoms with Gasteiger partial charge < -0.3 is 9.73 Å². The van der Waals surface area contributed by atoms with Crippen LogP contribution >= 0.6 is 0 Å². The van der Waals surface area contributed by atoms with E-state index in [2.05, 4.69) is 23.2 Å². The van der Waals surface area contributed by atoms with Gasteiger partial charge in [0.2, 0.25) is 0 Å². The largest absolute Gasteiger partial charge is 0.468 e. The van der Waals surface area contributed by atoms with Gasteiger partial charge >= 0.3 is 0 Å². The first-order valence-corrected chi connectivity index (χ1v) is 6.79. The van der Waals surface area contributed by atoms with Crippen LogP contribution in [0.1, 0.15) is 43.9 Å². The molecular weight excluding hydrogens is 212 g/mol. The lowest BCUT2D eigenvalue weighted by Gasteiger charge is -2.21. The molecule has 2 rings (SSSR count). The molecule has 0 aliphatic heterocycles. The van der Waals surface area contributed by atoms with E-state index in [1.807, 2.05) is 13.3 Å². The molecule has 1 aliphatic rings. The number of rotatable bonds is 8. The lowest BCUT2D eigenvalue weighted by Crippen LogP contribution is -2.27. The molecule has 1 aromatic heterocycles. The highest BCUT2D eigenvalue weighted by atomic mass is 16.3. The Kier molecular flexibility index (Phi) is 4.63. The van der Waals surface area contributed by atoms with Gasteiger partial charge in [0.25, 0.3) is 0 Å². The van der Waals surface area contributed by atoms with E-state index in [-0.39, 0.29) is 0 Å². The van der Waals surface area contributed by atoms with Gasteiger partial charge in [0, 0.05) is 18.2 Å². The molecule has 0 unspecified atom stereocenters. The summed E-state index contributed by atoms with van der Waals surface area (Å²) < 4.78 is 5.52. The van der Waals surface area contributed by atoms with Crippen molar-refractivity contribution in [1.29, 1.82) is 0 Å². The van der Waals surface area contributed by atoms with Gasteiger partial charge in [-0.2, -0.15) is 0 Å². The summed E-state index contributed by atoms with van der Waals surface area (Å²) >= 11 is 0. The van der Waals surface area contributed by atoms with E-state index in [4.69, 9.17) is 4.42 Å². The van der Waals surface area contributed by atoms with Crippen molar-refractivity contribution in [3.8, 4) is 0 Å². The van der Waals surface area contributed by atoms with Gasteiger partial charge in [0.1, 0.15) is 5.76 Å². The molecule has 1 aromatic rings. The Morgan fingerprint density at radius 3 is 2.94 bits per heavy atom. The predicted molar refractivity (Wildman–Crippen MR) is 69.8 cm³/mol. The Bertz CT molecular complexity index is 331. The minimum Gasteiger partial charge on any atom is -0.468 e. The van der Waals surface area contributed by atoms with Crippen LogP contribution in [0.25, 0.3) is 0 Å². The third kappa shape index (κ3) is 3.58. The summed E-state index contributed by atoms with van der Waals surface area (Å²) in [6.45, 7) is 5.37. The van der Waals surface area contributed by atoms with Crippen LogP contribution < -0.4 is 5.32 Å². The molecule has 17 heavy (non-hydrogen) atoms. The topological polar surface area (TPSA) is 28.4 Å². The maximum atomic E-state index is 5.52. The molecule has 0 bridgehead atoms. The van der Waals surface area contributed by atoms with Crippen LogP contribution in [0.5, 0.6) is 0 Å². The van der Waals surface area contributed by atoms with Crippen molar-refractivity contribution in [2.24, 2.45) is 0 Å². The average molecular weight is 236 g/mol. The number of nitrogens with zero attached hydrogens (tertiary/aromatic N) is 1. The number of unbranched alkanes of at least 4 members (excludes halogenated alkanes) is 1. The maximum Gasteiger partial charge on any atom is 0.122 e. The third-order valence-corrected chi connectivity index (χ3v) is 3.41. The van der Waals surface area contributed by atoms with Crippen LogP contribution in [-0.4, -0.2) is 24.5 Å². The Morgan fingerprint density at radius 1 is 1.47 bits per heavy atom. The van der Waals surface area contributed by atoms with Crippen molar-refractivity contribution < 1.29 is 4.42 Å². The number of hydrogen-bond donors (Lipinski definition) is 1. The predicted octanol–water partition coefficient (Wildman–Crippen LogP) is 2.76. The molecule has 0 atom stereocenters. The second kappa shape index (κ2) is 6.22. The molecule has 0 spiro atoms. The van der Waals surface area contributed by atoms with Crippen molar-refractivity contribution in [2.75, 3.05) is 13.6 Å². The number of hydrogen-bond acceptors (Lipinski definition) is 3. The van der Waals surface area contributed by atoms with Gasteiger partial charge in [-0.3, -0.25) is 4.90 Å². The first-order valence-electron chi connectivity index (χ1n) is 6.79. The van der Waals surface area contributed by atoms with E-state index in [0.717, 1.165) is 24.9 Å². The van der Waals surface area contributed by atoms with Crippen LogP contribution in [0.2, 0.25) is 0 Å². The van der Waals surface area contributed by atoms with Crippen LogP contribution in [0.4, 0.5) is 0 Å². The first kappa shape index (κ1) is 12.7. The molecule has 0 saturated heterocycles. The maximum absolute atomic E-state index is 5.52. The Labute approximate surface area is 104 Å². The van der Waals surface area contributed by atoms with Gasteiger partial charge in [0.05, 0.1) is 12.8 Å². The van der Waals surface area contributed by atoms with Crippen LogP contribution in [0.15, 0.2) is 16.7 Å². The SMILES string of the molecule is CCCCN(Cc1ccoc1CNC)C1CC1. The molecule has 1 heterocycles. The van der Waals surface area contributed by atoms with Crippen molar-refractivity contribution in [3.63, 3.8) is 0 Å². The first-order chi connectivity index (χ1) is 8.35. The van der Waals surface area contributed by atoms with Gasteiger partial charge in [-0.25, -0.2) is 0 Å². The van der Waals surface area contributed by atoms with Crippen molar-refractivity contribution in [1.82, 2.24) is 10.2 Å². The lowest BCUT2D eigenvalue weighted by atomic mass is 10.2. The summed E-state index contributed by atoms with van der Waals surface area (Å²) in [5.74, 6) is 1.09. The van der Waals surface area contributed by atoms with Crippen LogP contribution in [0.3, 0.4) is 0 Å². The molecule has 0 aromatic carbocycles. The Balaban J connectivity index is 1.93. The molecule has 3 heteroatoms. The minimum atomic E-state index is 0.828. The van der Waals surface area contributed by atoms with E-state index in [1.165, 1.54) is 37.8 Å². The van der Waals surface area contributed by atoms with E-state index in [1.54, 1.807) is 0 Å². The zero-order valence-electron chi connectivity index (χ0n) is 11.0. The van der Waals surface area contributed by atoms with Crippen molar-refractivity contribution >= 4 is 0 Å². The third-order valence-electron chi connectivity index (χ3n) is 3.41. The monoisotopic (exact) mass is 236 g/mol. The zero-order chi connectivity index (χ0) is 12.1. The van der Waals surface area contributed by atoms with Gasteiger partial charge in [0.15, 0.2) is 0 Å². The second-order valence-corrected chi connectivity index (χ2v) is 4.95. The molecule has 1 fully saturated rings.